The zero-order chi connectivity index (χ0) is 13.2. The van der Waals surface area contributed by atoms with Gasteiger partial charge in [0.2, 0.25) is 5.95 Å². The summed E-state index contributed by atoms with van der Waals surface area (Å²) in [5.41, 5.74) is 0. The second-order valence-corrected chi connectivity index (χ2v) is 5.18. The van der Waals surface area contributed by atoms with Crippen molar-refractivity contribution < 1.29 is 9.13 Å². The van der Waals surface area contributed by atoms with E-state index in [0.29, 0.717) is 12.1 Å². The molecule has 0 amide bonds. The van der Waals surface area contributed by atoms with Gasteiger partial charge in [0, 0.05) is 6.54 Å². The molecule has 2 fully saturated rings. The summed E-state index contributed by atoms with van der Waals surface area (Å²) >= 11 is 0. The topological polar surface area (TPSA) is 59.1 Å². The minimum Gasteiger partial charge on any atom is -0.373 e. The summed E-state index contributed by atoms with van der Waals surface area (Å²) in [4.78, 5) is 8.12. The largest absolute Gasteiger partial charge is 0.373 e. The van der Waals surface area contributed by atoms with Crippen molar-refractivity contribution in [2.75, 3.05) is 17.2 Å². The lowest BCUT2D eigenvalue weighted by molar-refractivity contribution is 0.102. The number of hydrogen-bond acceptors (Lipinski definition) is 5. The average Bonchev–Trinajstić information content (AvgIpc) is 3.02. The molecule has 3 heterocycles. The molecule has 3 atom stereocenters. The molecule has 2 aliphatic heterocycles. The van der Waals surface area contributed by atoms with Gasteiger partial charge in [0.25, 0.3) is 0 Å². The van der Waals surface area contributed by atoms with Gasteiger partial charge in [-0.15, -0.1) is 0 Å². The van der Waals surface area contributed by atoms with Crippen molar-refractivity contribution in [3.63, 3.8) is 0 Å². The second-order valence-electron chi connectivity index (χ2n) is 5.18. The highest BCUT2D eigenvalue weighted by Gasteiger charge is 2.41. The predicted octanol–water partition coefficient (Wildman–Crippen LogP) is 2.17. The van der Waals surface area contributed by atoms with Gasteiger partial charge in [-0.3, -0.25) is 0 Å². The fourth-order valence-electron chi connectivity index (χ4n) is 2.76. The van der Waals surface area contributed by atoms with E-state index in [9.17, 15) is 4.39 Å². The summed E-state index contributed by atoms with van der Waals surface area (Å²) in [5.74, 6) is 0.328. The van der Waals surface area contributed by atoms with Crippen molar-refractivity contribution in [1.29, 1.82) is 0 Å². The lowest BCUT2D eigenvalue weighted by atomic mass is 9.95. The van der Waals surface area contributed by atoms with E-state index < -0.39 is 5.82 Å². The molecule has 0 spiro atoms. The number of ether oxygens (including phenoxy) is 1. The van der Waals surface area contributed by atoms with E-state index in [4.69, 9.17) is 4.74 Å². The predicted molar refractivity (Wildman–Crippen MR) is 70.7 cm³/mol. The first-order chi connectivity index (χ1) is 9.26. The zero-order valence-electron chi connectivity index (χ0n) is 11.0. The Kier molecular flexibility index (Phi) is 3.50. The van der Waals surface area contributed by atoms with Gasteiger partial charge in [0.05, 0.1) is 24.4 Å². The van der Waals surface area contributed by atoms with E-state index in [0.717, 1.165) is 32.2 Å². The molecular weight excluding hydrogens is 247 g/mol. The minimum absolute atomic E-state index is 0.169. The van der Waals surface area contributed by atoms with Crippen LogP contribution in [-0.4, -0.2) is 34.8 Å². The molecule has 6 heteroatoms. The number of anilines is 2. The minimum atomic E-state index is -0.412. The first kappa shape index (κ1) is 12.6. The van der Waals surface area contributed by atoms with Gasteiger partial charge >= 0.3 is 0 Å². The van der Waals surface area contributed by atoms with Crippen molar-refractivity contribution in [2.24, 2.45) is 0 Å². The first-order valence-corrected chi connectivity index (χ1v) is 6.94. The number of nitrogens with zero attached hydrogens (tertiary/aromatic N) is 2. The van der Waals surface area contributed by atoms with E-state index in [-0.39, 0.29) is 18.0 Å². The molecule has 0 saturated carbocycles. The molecule has 0 radical (unpaired) electrons. The summed E-state index contributed by atoms with van der Waals surface area (Å²) in [6.45, 7) is 2.84. The molecule has 5 nitrogen and oxygen atoms in total. The maximum Gasteiger partial charge on any atom is 0.224 e. The molecule has 2 bridgehead atoms. The van der Waals surface area contributed by atoms with Crippen LogP contribution in [0.4, 0.5) is 16.2 Å². The van der Waals surface area contributed by atoms with Gasteiger partial charge in [0.15, 0.2) is 11.6 Å². The monoisotopic (exact) mass is 266 g/mol. The van der Waals surface area contributed by atoms with Crippen molar-refractivity contribution in [1.82, 2.24) is 9.97 Å². The Morgan fingerprint density at radius 3 is 3.05 bits per heavy atom. The Morgan fingerprint density at radius 1 is 1.47 bits per heavy atom. The van der Waals surface area contributed by atoms with Gasteiger partial charge in [-0.25, -0.2) is 9.37 Å². The van der Waals surface area contributed by atoms with Crippen molar-refractivity contribution in [3.8, 4) is 0 Å². The summed E-state index contributed by atoms with van der Waals surface area (Å²) in [6, 6.07) is 0.169. The molecule has 2 aliphatic rings. The molecular formula is C13H19FN4O. The normalized spacial score (nSPS) is 28.6. The second kappa shape index (κ2) is 5.28. The van der Waals surface area contributed by atoms with E-state index in [1.54, 1.807) is 0 Å². The number of nitrogens with one attached hydrogen (secondary N) is 2. The molecule has 104 valence electrons. The molecule has 2 saturated heterocycles. The Bertz CT molecular complexity index is 456. The maximum absolute atomic E-state index is 13.7. The fourth-order valence-corrected chi connectivity index (χ4v) is 2.76. The third-order valence-corrected chi connectivity index (χ3v) is 3.71. The lowest BCUT2D eigenvalue weighted by Crippen LogP contribution is -2.31. The van der Waals surface area contributed by atoms with Crippen molar-refractivity contribution >= 4 is 11.8 Å². The number of hydrogen-bond donors (Lipinski definition) is 2. The van der Waals surface area contributed by atoms with Crippen LogP contribution in [0.5, 0.6) is 0 Å². The van der Waals surface area contributed by atoms with E-state index in [1.807, 2.05) is 0 Å². The average molecular weight is 266 g/mol. The van der Waals surface area contributed by atoms with Gasteiger partial charge in [-0.1, -0.05) is 6.92 Å². The molecule has 3 unspecified atom stereocenters. The highest BCUT2D eigenvalue weighted by Crippen LogP contribution is 2.36. The smallest absolute Gasteiger partial charge is 0.224 e. The fraction of sp³-hybridized carbons (Fsp3) is 0.692. The Hall–Kier alpha value is -1.43. The number of aromatic nitrogens is 2. The molecule has 2 N–H and O–H groups in total. The first-order valence-electron chi connectivity index (χ1n) is 6.94. The van der Waals surface area contributed by atoms with Gasteiger partial charge in [-0.2, -0.15) is 4.98 Å². The lowest BCUT2D eigenvalue weighted by Gasteiger charge is -2.21. The summed E-state index contributed by atoms with van der Waals surface area (Å²) < 4.78 is 19.5. The molecule has 3 rings (SSSR count). The third kappa shape index (κ3) is 2.63. The third-order valence-electron chi connectivity index (χ3n) is 3.71. The van der Waals surface area contributed by atoms with Crippen LogP contribution in [-0.2, 0) is 4.74 Å². The van der Waals surface area contributed by atoms with Crippen molar-refractivity contribution in [2.45, 2.75) is 50.9 Å². The Labute approximate surface area is 112 Å². The molecule has 1 aromatic rings. The Balaban J connectivity index is 1.69. The van der Waals surface area contributed by atoms with E-state index in [2.05, 4.69) is 27.5 Å². The molecule has 1 aromatic heterocycles. The van der Waals surface area contributed by atoms with E-state index in [1.165, 1.54) is 6.20 Å². The number of halogens is 1. The molecule has 0 aromatic carbocycles. The number of rotatable bonds is 5. The van der Waals surface area contributed by atoms with Crippen LogP contribution in [0.3, 0.4) is 0 Å². The highest BCUT2D eigenvalue weighted by molar-refractivity contribution is 5.42. The highest BCUT2D eigenvalue weighted by atomic mass is 19.1. The van der Waals surface area contributed by atoms with Crippen molar-refractivity contribution in [3.05, 3.63) is 12.0 Å². The van der Waals surface area contributed by atoms with Gasteiger partial charge in [-0.05, 0) is 25.7 Å². The van der Waals surface area contributed by atoms with Crippen LogP contribution in [0.25, 0.3) is 0 Å². The molecule has 0 aliphatic carbocycles. The van der Waals surface area contributed by atoms with Crippen LogP contribution in [0.1, 0.15) is 32.6 Å². The van der Waals surface area contributed by atoms with Crippen LogP contribution in [0.15, 0.2) is 6.20 Å². The van der Waals surface area contributed by atoms with Crippen LogP contribution >= 0.6 is 0 Å². The summed E-state index contributed by atoms with van der Waals surface area (Å²) in [5, 5.41) is 6.23. The van der Waals surface area contributed by atoms with Crippen LogP contribution in [0, 0.1) is 5.82 Å². The summed E-state index contributed by atoms with van der Waals surface area (Å²) in [6.07, 6.45) is 5.84. The van der Waals surface area contributed by atoms with Gasteiger partial charge in [0.1, 0.15) is 0 Å². The molecule has 19 heavy (non-hydrogen) atoms. The number of fused-ring (bicyclic) bond motifs is 2. The zero-order valence-corrected chi connectivity index (χ0v) is 11.0. The van der Waals surface area contributed by atoms with E-state index >= 15 is 0 Å². The van der Waals surface area contributed by atoms with Crippen LogP contribution in [0.2, 0.25) is 0 Å². The summed E-state index contributed by atoms with van der Waals surface area (Å²) in [7, 11) is 0. The SMILES string of the molecule is CCCNc1ncc(F)c(NC2CC3CCC2O3)n1. The maximum atomic E-state index is 13.7. The standard InChI is InChI=1S/C13H19FN4O/c1-2-5-15-13-16-7-9(14)12(18-13)17-10-6-8-3-4-11(10)19-8/h7-8,10-11H,2-6H2,1H3,(H2,15,16,17,18). The quantitative estimate of drug-likeness (QED) is 0.855. The van der Waals surface area contributed by atoms with Crippen LogP contribution < -0.4 is 10.6 Å². The van der Waals surface area contributed by atoms with Gasteiger partial charge < -0.3 is 15.4 Å². The Morgan fingerprint density at radius 2 is 2.37 bits per heavy atom.